The Hall–Kier alpha value is -2.46. The first-order chi connectivity index (χ1) is 15.4. The van der Waals surface area contributed by atoms with Crippen LogP contribution in [0.5, 0.6) is 0 Å². The molecule has 0 aliphatic heterocycles. The number of alkyl halides is 3. The molecule has 33 heavy (non-hydrogen) atoms. The van der Waals surface area contributed by atoms with Crippen LogP contribution < -0.4 is 4.90 Å². The number of anilines is 1. The van der Waals surface area contributed by atoms with Gasteiger partial charge in [0.25, 0.3) is 0 Å². The molecule has 10 heteroatoms. The molecule has 2 aromatic rings. The van der Waals surface area contributed by atoms with E-state index in [1.165, 1.54) is 11.8 Å². The largest absolute Gasteiger partial charge is 0.522 e. The molecular weight excluding hydrogens is 501 g/mol. The summed E-state index contributed by atoms with van der Waals surface area (Å²) in [5, 5.41) is 8.54. The number of carbonyl (C=O) groups is 1. The number of hydrogen-bond donors (Lipinski definition) is 0. The number of benzene rings is 1. The molecular formula is C23H26BrF3N4O2. The molecule has 6 nitrogen and oxygen atoms in total. The van der Waals surface area contributed by atoms with Crippen LogP contribution in [0.3, 0.4) is 0 Å². The molecule has 0 unspecified atom stereocenters. The molecule has 0 spiro atoms. The lowest BCUT2D eigenvalue weighted by Crippen LogP contribution is -2.31. The van der Waals surface area contributed by atoms with Gasteiger partial charge in [0, 0.05) is 20.0 Å². The highest BCUT2D eigenvalue weighted by Gasteiger charge is 2.30. The van der Waals surface area contributed by atoms with Gasteiger partial charge in [0.05, 0.1) is 22.3 Å². The van der Waals surface area contributed by atoms with E-state index < -0.39 is 13.0 Å². The summed E-state index contributed by atoms with van der Waals surface area (Å²) in [5.41, 5.74) is 3.04. The molecule has 3 rings (SSSR count). The van der Waals surface area contributed by atoms with Crippen LogP contribution in [0.4, 0.5) is 18.9 Å². The van der Waals surface area contributed by atoms with E-state index in [4.69, 9.17) is 0 Å². The lowest BCUT2D eigenvalue weighted by atomic mass is 9.97. The highest BCUT2D eigenvalue weighted by molar-refractivity contribution is 9.10. The number of hydrogen-bond acceptors (Lipinski definition) is 4. The molecule has 1 aliphatic carbocycles. The van der Waals surface area contributed by atoms with Gasteiger partial charge in [0.15, 0.2) is 0 Å². The van der Waals surface area contributed by atoms with Gasteiger partial charge in [0.2, 0.25) is 5.91 Å². The van der Waals surface area contributed by atoms with Crippen molar-refractivity contribution in [3.63, 3.8) is 0 Å². The average Bonchev–Trinajstić information content (AvgIpc) is 2.94. The van der Waals surface area contributed by atoms with E-state index in [1.807, 2.05) is 16.8 Å². The van der Waals surface area contributed by atoms with Crippen molar-refractivity contribution < 1.29 is 22.7 Å². The highest BCUT2D eigenvalue weighted by atomic mass is 79.9. The first kappa shape index (κ1) is 25.2. The predicted octanol–water partition coefficient (Wildman–Crippen LogP) is 5.94. The number of allylic oxidation sites excluding steroid dienone is 3. The van der Waals surface area contributed by atoms with Gasteiger partial charge in [-0.3, -0.25) is 9.53 Å². The molecule has 0 atom stereocenters. The Morgan fingerprint density at radius 3 is 2.61 bits per heavy atom. The van der Waals surface area contributed by atoms with E-state index in [0.717, 1.165) is 5.52 Å². The molecule has 1 heterocycles. The third-order valence-electron chi connectivity index (χ3n) is 5.00. The van der Waals surface area contributed by atoms with E-state index in [2.05, 4.69) is 51.8 Å². The molecule has 0 bridgehead atoms. The fourth-order valence-electron chi connectivity index (χ4n) is 3.51. The third-order valence-corrected chi connectivity index (χ3v) is 5.79. The van der Waals surface area contributed by atoms with E-state index in [-0.39, 0.29) is 17.9 Å². The van der Waals surface area contributed by atoms with Crippen molar-refractivity contribution in [2.45, 2.75) is 47.0 Å². The quantitative estimate of drug-likeness (QED) is 0.467. The van der Waals surface area contributed by atoms with Crippen molar-refractivity contribution in [1.82, 2.24) is 15.0 Å². The monoisotopic (exact) mass is 526 g/mol. The third kappa shape index (κ3) is 6.54. The van der Waals surface area contributed by atoms with Crippen LogP contribution in [0.25, 0.3) is 11.0 Å². The Morgan fingerprint density at radius 1 is 1.24 bits per heavy atom. The van der Waals surface area contributed by atoms with Crippen molar-refractivity contribution in [2.24, 2.45) is 5.41 Å². The number of aromatic nitrogens is 3. The zero-order chi connectivity index (χ0) is 24.4. The number of fused-ring (bicyclic) bond motifs is 1. The number of amides is 1. The van der Waals surface area contributed by atoms with Crippen LogP contribution in [-0.2, 0) is 16.1 Å². The Kier molecular flexibility index (Phi) is 7.48. The summed E-state index contributed by atoms with van der Waals surface area (Å²) >= 11 is 3.57. The Labute approximate surface area is 198 Å². The number of rotatable bonds is 6. The van der Waals surface area contributed by atoms with Crippen molar-refractivity contribution in [2.75, 3.05) is 18.1 Å². The normalized spacial score (nSPS) is 14.8. The number of nitrogens with zero attached hydrogens (tertiary/aromatic N) is 4. The molecule has 0 saturated carbocycles. The number of carbonyl (C=O) groups excluding carboxylic acids is 1. The van der Waals surface area contributed by atoms with Gasteiger partial charge in [-0.1, -0.05) is 50.3 Å². The van der Waals surface area contributed by atoms with Crippen molar-refractivity contribution in [3.8, 4) is 0 Å². The Bertz CT molecular complexity index is 1130. The van der Waals surface area contributed by atoms with Crippen LogP contribution in [0.2, 0.25) is 0 Å². The van der Waals surface area contributed by atoms with Gasteiger partial charge < -0.3 is 4.90 Å². The first-order valence-corrected chi connectivity index (χ1v) is 11.2. The summed E-state index contributed by atoms with van der Waals surface area (Å²) in [6.07, 6.45) is 2.50. The minimum atomic E-state index is -4.74. The topological polar surface area (TPSA) is 60.3 Å². The maximum absolute atomic E-state index is 12.6. The van der Waals surface area contributed by atoms with Crippen LogP contribution >= 0.6 is 15.9 Å². The zero-order valence-corrected chi connectivity index (χ0v) is 20.5. The van der Waals surface area contributed by atoms with Crippen molar-refractivity contribution >= 4 is 38.6 Å². The van der Waals surface area contributed by atoms with Crippen LogP contribution in [0, 0.1) is 5.41 Å². The zero-order valence-electron chi connectivity index (χ0n) is 18.9. The molecule has 1 amide bonds. The summed E-state index contributed by atoms with van der Waals surface area (Å²) in [6, 6.07) is 3.65. The number of ether oxygens (including phenoxy) is 1. The fourth-order valence-corrected chi connectivity index (χ4v) is 4.14. The second-order valence-electron chi connectivity index (χ2n) is 9.03. The first-order valence-electron chi connectivity index (χ1n) is 10.4. The molecule has 0 N–H and O–H groups in total. The highest BCUT2D eigenvalue weighted by Crippen LogP contribution is 2.35. The fraction of sp³-hybridized carbons (Fsp3) is 0.435. The molecule has 1 aromatic carbocycles. The second-order valence-corrected chi connectivity index (χ2v) is 9.83. The van der Waals surface area contributed by atoms with Gasteiger partial charge >= 0.3 is 6.36 Å². The van der Waals surface area contributed by atoms with E-state index in [1.54, 1.807) is 24.3 Å². The summed E-state index contributed by atoms with van der Waals surface area (Å²) in [6.45, 7) is 7.88. The average molecular weight is 527 g/mol. The van der Waals surface area contributed by atoms with Gasteiger partial charge in [-0.05, 0) is 51.0 Å². The van der Waals surface area contributed by atoms with Gasteiger partial charge in [-0.2, -0.15) is 0 Å². The van der Waals surface area contributed by atoms with Gasteiger partial charge in [0.1, 0.15) is 5.52 Å². The lowest BCUT2D eigenvalue weighted by Gasteiger charge is -2.25. The lowest BCUT2D eigenvalue weighted by molar-refractivity contribution is -0.320. The predicted molar refractivity (Wildman–Crippen MR) is 125 cm³/mol. The standard InChI is InChI=1S/C23H26BrF3N4O2/c1-15(32)30(12-16-8-6-5-7-9-17(16)13-33-23(25,26)27)18-10-11-19-21(20(18)24)28-29-31(19)14-22(2,3)4/h5-7,9-11H,8,12-14H2,1-4H3. The van der Waals surface area contributed by atoms with E-state index >= 15 is 0 Å². The minimum absolute atomic E-state index is 0.000907. The summed E-state index contributed by atoms with van der Waals surface area (Å²) in [7, 11) is 0. The van der Waals surface area contributed by atoms with Crippen molar-refractivity contribution in [1.29, 1.82) is 0 Å². The molecule has 1 aliphatic rings. The maximum atomic E-state index is 12.6. The van der Waals surface area contributed by atoms with E-state index in [9.17, 15) is 18.0 Å². The van der Waals surface area contributed by atoms with Gasteiger partial charge in [-0.15, -0.1) is 18.3 Å². The Morgan fingerprint density at radius 2 is 1.97 bits per heavy atom. The number of halogens is 4. The van der Waals surface area contributed by atoms with Gasteiger partial charge in [-0.25, -0.2) is 4.68 Å². The van der Waals surface area contributed by atoms with Crippen LogP contribution in [0.1, 0.15) is 34.1 Å². The molecule has 1 aromatic heterocycles. The molecule has 0 saturated heterocycles. The Balaban J connectivity index is 1.97. The summed E-state index contributed by atoms with van der Waals surface area (Å²) < 4.78 is 44.4. The van der Waals surface area contributed by atoms with Crippen molar-refractivity contribution in [3.05, 3.63) is 52.1 Å². The smallest absolute Gasteiger partial charge is 0.307 e. The maximum Gasteiger partial charge on any atom is 0.522 e. The van der Waals surface area contributed by atoms with Crippen LogP contribution in [0.15, 0.2) is 52.1 Å². The second kappa shape index (κ2) is 9.80. The molecule has 0 fully saturated rings. The SMILES string of the molecule is CC(=O)N(CC1=C(COC(F)(F)F)C=CC=CC1)c1ccc2c(nnn2CC(C)(C)C)c1Br. The van der Waals surface area contributed by atoms with E-state index in [0.29, 0.717) is 39.8 Å². The summed E-state index contributed by atoms with van der Waals surface area (Å²) in [4.78, 5) is 14.1. The summed E-state index contributed by atoms with van der Waals surface area (Å²) in [5.74, 6) is -0.252. The molecule has 0 radical (unpaired) electrons. The molecule has 178 valence electrons. The minimum Gasteiger partial charge on any atom is -0.307 e. The van der Waals surface area contributed by atoms with Crippen LogP contribution in [-0.4, -0.2) is 40.4 Å².